The minimum absolute atomic E-state index is 0.00191. The predicted molar refractivity (Wildman–Crippen MR) is 142 cm³/mol. The topological polar surface area (TPSA) is 90.9 Å². The molecule has 3 fully saturated rings. The Morgan fingerprint density at radius 3 is 2.64 bits per heavy atom. The van der Waals surface area contributed by atoms with Crippen molar-refractivity contribution < 1.29 is 18.7 Å². The molecule has 5 heterocycles. The smallest absolute Gasteiger partial charge is 0.317 e. The Hall–Kier alpha value is -4.21. The zero-order valence-electron chi connectivity index (χ0n) is 21.6. The van der Waals surface area contributed by atoms with Gasteiger partial charge in [-0.05, 0) is 41.3 Å². The summed E-state index contributed by atoms with van der Waals surface area (Å²) in [5.41, 5.74) is 4.42. The number of anilines is 1. The molecule has 0 bridgehead atoms. The Morgan fingerprint density at radius 2 is 1.82 bits per heavy atom. The first-order chi connectivity index (χ1) is 19.0. The molecule has 0 radical (unpaired) electrons. The van der Waals surface area contributed by atoms with E-state index in [2.05, 4.69) is 26.3 Å². The number of amides is 3. The molecule has 1 unspecified atom stereocenters. The lowest BCUT2D eigenvalue weighted by Gasteiger charge is -2.36. The number of nitrogens with zero attached hydrogens (tertiary/aromatic N) is 5. The van der Waals surface area contributed by atoms with E-state index in [-0.39, 0.29) is 29.9 Å². The molecule has 39 heavy (non-hydrogen) atoms. The molecule has 200 valence electrons. The lowest BCUT2D eigenvalue weighted by atomic mass is 9.86. The van der Waals surface area contributed by atoms with Gasteiger partial charge in [0, 0.05) is 69.1 Å². The van der Waals surface area contributed by atoms with Crippen LogP contribution in [0.5, 0.6) is 5.75 Å². The molecule has 0 spiro atoms. The van der Waals surface area contributed by atoms with Crippen LogP contribution >= 0.6 is 0 Å². The second-order valence-corrected chi connectivity index (χ2v) is 10.6. The lowest BCUT2D eigenvalue weighted by molar-refractivity contribution is 0.0762. The molecule has 3 aromatic rings. The van der Waals surface area contributed by atoms with Gasteiger partial charge in [-0.2, -0.15) is 0 Å². The van der Waals surface area contributed by atoms with E-state index in [4.69, 9.17) is 4.74 Å². The van der Waals surface area contributed by atoms with Gasteiger partial charge in [-0.3, -0.25) is 4.79 Å². The average molecular weight is 529 g/mol. The molecule has 2 aromatic carbocycles. The third kappa shape index (κ3) is 3.97. The monoisotopic (exact) mass is 528 g/mol. The largest absolute Gasteiger partial charge is 0.460 e. The maximum Gasteiger partial charge on any atom is 0.317 e. The summed E-state index contributed by atoms with van der Waals surface area (Å²) in [4.78, 5) is 40.4. The van der Waals surface area contributed by atoms with Gasteiger partial charge in [0.05, 0.1) is 12.1 Å². The molecule has 4 aliphatic heterocycles. The molecular weight excluding hydrogens is 499 g/mol. The maximum absolute atomic E-state index is 13.8. The number of nitrogens with one attached hydrogen (secondary N) is 1. The average Bonchev–Trinajstić information content (AvgIpc) is 3.63. The highest BCUT2D eigenvalue weighted by Gasteiger charge is 2.46. The van der Waals surface area contributed by atoms with Gasteiger partial charge in [-0.1, -0.05) is 24.3 Å². The lowest BCUT2D eigenvalue weighted by Crippen LogP contribution is -2.52. The van der Waals surface area contributed by atoms with Gasteiger partial charge >= 0.3 is 6.03 Å². The van der Waals surface area contributed by atoms with E-state index >= 15 is 0 Å². The molecule has 0 saturated carbocycles. The van der Waals surface area contributed by atoms with Gasteiger partial charge in [-0.25, -0.2) is 19.2 Å². The number of para-hydroxylation sites is 1. The summed E-state index contributed by atoms with van der Waals surface area (Å²) in [6.45, 7) is 4.70. The third-order valence-corrected chi connectivity index (χ3v) is 8.35. The molecule has 3 amide bonds. The summed E-state index contributed by atoms with van der Waals surface area (Å²) in [5.74, 6) is 1.22. The summed E-state index contributed by atoms with van der Waals surface area (Å²) in [7, 11) is 0. The number of rotatable bonds is 5. The molecule has 4 atom stereocenters. The van der Waals surface area contributed by atoms with Crippen LogP contribution in [0.15, 0.2) is 54.9 Å². The van der Waals surface area contributed by atoms with Gasteiger partial charge in [0.2, 0.25) is 12.3 Å². The summed E-state index contributed by atoms with van der Waals surface area (Å²) >= 11 is 0. The van der Waals surface area contributed by atoms with Crippen LogP contribution in [0.1, 0.15) is 46.8 Å². The highest BCUT2D eigenvalue weighted by atomic mass is 19.1. The summed E-state index contributed by atoms with van der Waals surface area (Å²) in [5, 5.41) is 2.90. The molecule has 4 aliphatic rings. The van der Waals surface area contributed by atoms with Crippen molar-refractivity contribution in [2.24, 2.45) is 0 Å². The van der Waals surface area contributed by atoms with E-state index in [1.165, 1.54) is 6.92 Å². The van der Waals surface area contributed by atoms with Crippen LogP contribution in [0, 0.1) is 0 Å². The number of fused-ring (bicyclic) bond motifs is 4. The number of hydrogen-bond donors (Lipinski definition) is 1. The zero-order chi connectivity index (χ0) is 26.7. The van der Waals surface area contributed by atoms with E-state index in [1.807, 2.05) is 52.5 Å². The Kier molecular flexibility index (Phi) is 5.64. The fraction of sp³-hybridized carbons (Fsp3) is 0.379. The first-order valence-corrected chi connectivity index (χ1v) is 13.4. The summed E-state index contributed by atoms with van der Waals surface area (Å²) in [6.07, 6.45) is 3.01. The van der Waals surface area contributed by atoms with Gasteiger partial charge in [-0.15, -0.1) is 0 Å². The number of urea groups is 1. The van der Waals surface area contributed by atoms with Crippen molar-refractivity contribution in [3.63, 3.8) is 0 Å². The SMILES string of the molecule is CC(F)Oc1ccccc1[C@H]1CCN2C(=O)c3ccc(-c4cnc(N5CCN6C(=O)NC[C@H]6C5)nc4)cc3[C@@H]12. The number of carbonyl (C=O) groups is 2. The molecule has 9 nitrogen and oxygen atoms in total. The van der Waals surface area contributed by atoms with Crippen molar-refractivity contribution in [2.75, 3.05) is 37.6 Å². The van der Waals surface area contributed by atoms with Crippen molar-refractivity contribution in [1.82, 2.24) is 25.1 Å². The van der Waals surface area contributed by atoms with Crippen molar-refractivity contribution in [1.29, 1.82) is 0 Å². The van der Waals surface area contributed by atoms with Crippen LogP contribution < -0.4 is 15.0 Å². The molecular formula is C29H29FN6O3. The Balaban J connectivity index is 1.16. The molecule has 10 heteroatoms. The van der Waals surface area contributed by atoms with Crippen LogP contribution in [-0.2, 0) is 0 Å². The van der Waals surface area contributed by atoms with Crippen LogP contribution in [0.3, 0.4) is 0 Å². The standard InChI is InChI=1S/C29H29FN6O3/c1-17(30)39-25-5-3-2-4-21(25)22-8-9-36-26(22)24-12-18(6-7-23(24)27(36)37)19-13-31-28(32-14-19)34-10-11-35-20(16-34)15-33-29(35)38/h2-7,12-14,17,20,22,26H,8-11,15-16H2,1H3,(H,33,38)/t17?,20-,22+,26+/m0/s1. The molecule has 0 aliphatic carbocycles. The van der Waals surface area contributed by atoms with Crippen molar-refractivity contribution in [3.8, 4) is 16.9 Å². The number of alkyl halides is 1. The van der Waals surface area contributed by atoms with Crippen molar-refractivity contribution in [3.05, 3.63) is 71.5 Å². The van der Waals surface area contributed by atoms with Crippen LogP contribution in [-0.4, -0.2) is 76.8 Å². The third-order valence-electron chi connectivity index (χ3n) is 8.35. The number of halogens is 1. The fourth-order valence-corrected chi connectivity index (χ4v) is 6.56. The minimum atomic E-state index is -1.42. The normalized spacial score (nSPS) is 24.4. The van der Waals surface area contributed by atoms with Gasteiger partial charge in [0.1, 0.15) is 5.75 Å². The Bertz CT molecular complexity index is 1450. The summed E-state index contributed by atoms with van der Waals surface area (Å²) in [6, 6.07) is 13.5. The van der Waals surface area contributed by atoms with Crippen molar-refractivity contribution >= 4 is 17.9 Å². The molecule has 1 aromatic heterocycles. The van der Waals surface area contributed by atoms with Gasteiger partial charge in [0.25, 0.3) is 5.91 Å². The summed E-state index contributed by atoms with van der Waals surface area (Å²) < 4.78 is 19.3. The maximum atomic E-state index is 13.8. The van der Waals surface area contributed by atoms with Gasteiger partial charge < -0.3 is 24.8 Å². The first-order valence-electron chi connectivity index (χ1n) is 13.4. The number of piperazine rings is 1. The Morgan fingerprint density at radius 1 is 1.00 bits per heavy atom. The second kappa shape index (κ2) is 9.21. The number of benzene rings is 2. The van der Waals surface area contributed by atoms with E-state index in [1.54, 1.807) is 6.07 Å². The van der Waals surface area contributed by atoms with E-state index in [0.717, 1.165) is 28.7 Å². The highest BCUT2D eigenvalue weighted by Crippen LogP contribution is 2.51. The Labute approximate surface area is 225 Å². The number of carbonyl (C=O) groups excluding carboxylic acids is 2. The van der Waals surface area contributed by atoms with Crippen molar-refractivity contribution in [2.45, 2.75) is 37.7 Å². The molecule has 3 saturated heterocycles. The van der Waals surface area contributed by atoms with Crippen LogP contribution in [0.25, 0.3) is 11.1 Å². The van der Waals surface area contributed by atoms with E-state index < -0.39 is 6.36 Å². The molecule has 7 rings (SSSR count). The first kappa shape index (κ1) is 23.9. The van der Waals surface area contributed by atoms with Crippen LogP contribution in [0.2, 0.25) is 0 Å². The fourth-order valence-electron chi connectivity index (χ4n) is 6.56. The highest BCUT2D eigenvalue weighted by molar-refractivity contribution is 6.00. The number of aromatic nitrogens is 2. The van der Waals surface area contributed by atoms with Crippen LogP contribution in [0.4, 0.5) is 15.1 Å². The quantitative estimate of drug-likeness (QED) is 0.543. The number of hydrogen-bond acceptors (Lipinski definition) is 6. The van der Waals surface area contributed by atoms with E-state index in [0.29, 0.717) is 50.0 Å². The molecule has 1 N–H and O–H groups in total. The van der Waals surface area contributed by atoms with Gasteiger partial charge in [0.15, 0.2) is 0 Å². The van der Waals surface area contributed by atoms with E-state index in [9.17, 15) is 14.0 Å². The zero-order valence-corrected chi connectivity index (χ0v) is 21.6. The second-order valence-electron chi connectivity index (χ2n) is 10.6. The minimum Gasteiger partial charge on any atom is -0.460 e. The predicted octanol–water partition coefficient (Wildman–Crippen LogP) is 3.74. The number of ether oxygens (including phenoxy) is 1.